The molecular weight excluding hydrogens is 360 g/mol. The van der Waals surface area contributed by atoms with Gasteiger partial charge in [0.25, 0.3) is 5.91 Å². The second kappa shape index (κ2) is 8.60. The molecule has 3 rings (SSSR count). The number of para-hydroxylation sites is 1. The van der Waals surface area contributed by atoms with Crippen LogP contribution in [0.2, 0.25) is 0 Å². The van der Waals surface area contributed by atoms with Gasteiger partial charge in [0.15, 0.2) is 17.5 Å². The van der Waals surface area contributed by atoms with Gasteiger partial charge >= 0.3 is 0 Å². The number of carbonyl (C=O) groups excluding carboxylic acids is 2. The standard InChI is InChI=1S/C21H20N2O3S/c1-3-19(24)16-9-11-18(12-10-16)26-13-20(25)23(17-7-5-4-6-8-17)21-22-15(2)14-27-21/h4-12,14H,3,13H2,1-2H3. The summed E-state index contributed by atoms with van der Waals surface area (Å²) in [6, 6.07) is 16.2. The molecule has 0 spiro atoms. The SMILES string of the molecule is CCC(=O)c1ccc(OCC(=O)N(c2ccccc2)c2nc(C)cs2)cc1. The molecule has 0 aliphatic carbocycles. The molecule has 0 unspecified atom stereocenters. The van der Waals surface area contributed by atoms with Crippen molar-refractivity contribution in [2.45, 2.75) is 20.3 Å². The van der Waals surface area contributed by atoms with E-state index in [1.807, 2.05) is 49.6 Å². The van der Waals surface area contributed by atoms with Gasteiger partial charge in [-0.2, -0.15) is 0 Å². The predicted octanol–water partition coefficient (Wildman–Crippen LogP) is 4.79. The van der Waals surface area contributed by atoms with E-state index < -0.39 is 0 Å². The van der Waals surface area contributed by atoms with E-state index in [4.69, 9.17) is 4.74 Å². The molecule has 0 aliphatic heterocycles. The molecule has 0 saturated heterocycles. The first-order chi connectivity index (χ1) is 13.1. The topological polar surface area (TPSA) is 59.5 Å². The van der Waals surface area contributed by atoms with Gasteiger partial charge in [-0.25, -0.2) is 4.98 Å². The molecular formula is C21H20N2O3S. The highest BCUT2D eigenvalue weighted by Gasteiger charge is 2.21. The molecule has 0 radical (unpaired) electrons. The Labute approximate surface area is 162 Å². The van der Waals surface area contributed by atoms with Crippen molar-refractivity contribution in [1.29, 1.82) is 0 Å². The number of aryl methyl sites for hydroxylation is 1. The number of Topliss-reactive ketones (excluding diaryl/α,β-unsaturated/α-hetero) is 1. The van der Waals surface area contributed by atoms with Crippen molar-refractivity contribution in [3.63, 3.8) is 0 Å². The van der Waals surface area contributed by atoms with Crippen molar-refractivity contribution in [3.05, 3.63) is 71.2 Å². The Morgan fingerprint density at radius 2 is 1.78 bits per heavy atom. The zero-order chi connectivity index (χ0) is 19.2. The van der Waals surface area contributed by atoms with E-state index in [0.29, 0.717) is 22.9 Å². The molecule has 1 aromatic heterocycles. The maximum Gasteiger partial charge on any atom is 0.271 e. The van der Waals surface area contributed by atoms with Gasteiger partial charge in [0, 0.05) is 17.4 Å². The molecule has 0 saturated carbocycles. The Balaban J connectivity index is 1.74. The summed E-state index contributed by atoms with van der Waals surface area (Å²) >= 11 is 1.41. The molecule has 2 aromatic carbocycles. The van der Waals surface area contributed by atoms with Crippen molar-refractivity contribution in [2.75, 3.05) is 11.5 Å². The summed E-state index contributed by atoms with van der Waals surface area (Å²) in [6.07, 6.45) is 0.456. The number of ether oxygens (including phenoxy) is 1. The van der Waals surface area contributed by atoms with Gasteiger partial charge in [-0.1, -0.05) is 25.1 Å². The Morgan fingerprint density at radius 3 is 2.37 bits per heavy atom. The van der Waals surface area contributed by atoms with Crippen LogP contribution < -0.4 is 9.64 Å². The molecule has 27 heavy (non-hydrogen) atoms. The number of aromatic nitrogens is 1. The Bertz CT molecular complexity index is 920. The molecule has 0 atom stereocenters. The Hall–Kier alpha value is -2.99. The lowest BCUT2D eigenvalue weighted by molar-refractivity contribution is -0.119. The van der Waals surface area contributed by atoms with Crippen LogP contribution in [0, 0.1) is 6.92 Å². The van der Waals surface area contributed by atoms with Crippen molar-refractivity contribution < 1.29 is 14.3 Å². The average Bonchev–Trinajstić information content (AvgIpc) is 3.13. The van der Waals surface area contributed by atoms with Crippen LogP contribution in [-0.4, -0.2) is 23.3 Å². The first-order valence-corrected chi connectivity index (χ1v) is 9.52. The minimum Gasteiger partial charge on any atom is -0.484 e. The van der Waals surface area contributed by atoms with Crippen LogP contribution in [0.4, 0.5) is 10.8 Å². The first-order valence-electron chi connectivity index (χ1n) is 8.64. The lowest BCUT2D eigenvalue weighted by Crippen LogP contribution is -2.30. The average molecular weight is 380 g/mol. The third kappa shape index (κ3) is 4.60. The molecule has 1 amide bonds. The van der Waals surface area contributed by atoms with Crippen LogP contribution in [0.5, 0.6) is 5.75 Å². The first kappa shape index (κ1) is 18.8. The van der Waals surface area contributed by atoms with Crippen LogP contribution in [0.25, 0.3) is 0 Å². The van der Waals surface area contributed by atoms with Gasteiger partial charge in [-0.05, 0) is 43.3 Å². The summed E-state index contributed by atoms with van der Waals surface area (Å²) in [4.78, 5) is 30.5. The van der Waals surface area contributed by atoms with E-state index in [1.165, 1.54) is 11.3 Å². The molecule has 0 aliphatic rings. The largest absolute Gasteiger partial charge is 0.484 e. The number of carbonyl (C=O) groups is 2. The zero-order valence-corrected chi connectivity index (χ0v) is 16.0. The normalized spacial score (nSPS) is 10.4. The van der Waals surface area contributed by atoms with Crippen molar-refractivity contribution >= 4 is 33.8 Å². The number of amides is 1. The van der Waals surface area contributed by atoms with Crippen LogP contribution in [0.1, 0.15) is 29.4 Å². The molecule has 0 bridgehead atoms. The van der Waals surface area contributed by atoms with Gasteiger partial charge in [-0.3, -0.25) is 14.5 Å². The van der Waals surface area contributed by atoms with E-state index in [-0.39, 0.29) is 18.3 Å². The Morgan fingerprint density at radius 1 is 1.07 bits per heavy atom. The van der Waals surface area contributed by atoms with E-state index in [1.54, 1.807) is 29.2 Å². The number of anilines is 2. The zero-order valence-electron chi connectivity index (χ0n) is 15.2. The molecule has 6 heteroatoms. The molecule has 1 heterocycles. The monoisotopic (exact) mass is 380 g/mol. The highest BCUT2D eigenvalue weighted by molar-refractivity contribution is 7.14. The highest BCUT2D eigenvalue weighted by Crippen LogP contribution is 2.28. The second-order valence-electron chi connectivity index (χ2n) is 5.93. The van der Waals surface area contributed by atoms with E-state index in [2.05, 4.69) is 4.98 Å². The predicted molar refractivity (Wildman–Crippen MR) is 107 cm³/mol. The number of hydrogen-bond donors (Lipinski definition) is 0. The number of nitrogens with zero attached hydrogens (tertiary/aromatic N) is 2. The molecule has 0 N–H and O–H groups in total. The number of ketones is 1. The molecule has 5 nitrogen and oxygen atoms in total. The van der Waals surface area contributed by atoms with Crippen LogP contribution >= 0.6 is 11.3 Å². The number of rotatable bonds is 7. The number of hydrogen-bond acceptors (Lipinski definition) is 5. The second-order valence-corrected chi connectivity index (χ2v) is 6.76. The van der Waals surface area contributed by atoms with Crippen LogP contribution in [0.15, 0.2) is 60.0 Å². The van der Waals surface area contributed by atoms with Gasteiger partial charge in [0.05, 0.1) is 11.4 Å². The fraction of sp³-hybridized carbons (Fsp3) is 0.190. The summed E-state index contributed by atoms with van der Waals surface area (Å²) in [5.41, 5.74) is 2.24. The van der Waals surface area contributed by atoms with Gasteiger partial charge in [0.2, 0.25) is 0 Å². The van der Waals surface area contributed by atoms with Crippen LogP contribution in [0.3, 0.4) is 0 Å². The third-order valence-corrected chi connectivity index (χ3v) is 4.87. The van der Waals surface area contributed by atoms with Crippen molar-refractivity contribution in [2.24, 2.45) is 0 Å². The van der Waals surface area contributed by atoms with Gasteiger partial charge < -0.3 is 4.74 Å². The fourth-order valence-corrected chi connectivity index (χ4v) is 3.37. The van der Waals surface area contributed by atoms with E-state index >= 15 is 0 Å². The molecule has 138 valence electrons. The summed E-state index contributed by atoms with van der Waals surface area (Å²) in [5, 5.41) is 2.51. The summed E-state index contributed by atoms with van der Waals surface area (Å²) in [7, 11) is 0. The Kier molecular flexibility index (Phi) is 5.98. The van der Waals surface area contributed by atoms with E-state index in [0.717, 1.165) is 11.4 Å². The number of thiazole rings is 1. The highest BCUT2D eigenvalue weighted by atomic mass is 32.1. The summed E-state index contributed by atoms with van der Waals surface area (Å²) < 4.78 is 5.64. The molecule has 3 aromatic rings. The third-order valence-electron chi connectivity index (χ3n) is 3.92. The van der Waals surface area contributed by atoms with Crippen molar-refractivity contribution in [1.82, 2.24) is 4.98 Å². The minimum absolute atomic E-state index is 0.0759. The van der Waals surface area contributed by atoms with Crippen molar-refractivity contribution in [3.8, 4) is 5.75 Å². The molecule has 0 fully saturated rings. The van der Waals surface area contributed by atoms with Gasteiger partial charge in [-0.15, -0.1) is 11.3 Å². The summed E-state index contributed by atoms with van der Waals surface area (Å²) in [6.45, 7) is 3.59. The minimum atomic E-state index is -0.218. The lowest BCUT2D eigenvalue weighted by atomic mass is 10.1. The number of benzene rings is 2. The maximum atomic E-state index is 12.9. The fourth-order valence-electron chi connectivity index (χ4n) is 2.53. The van der Waals surface area contributed by atoms with E-state index in [9.17, 15) is 9.59 Å². The quantitative estimate of drug-likeness (QED) is 0.553. The van der Waals surface area contributed by atoms with Crippen LogP contribution in [-0.2, 0) is 4.79 Å². The lowest BCUT2D eigenvalue weighted by Gasteiger charge is -2.20. The van der Waals surface area contributed by atoms with Gasteiger partial charge in [0.1, 0.15) is 5.75 Å². The summed E-state index contributed by atoms with van der Waals surface area (Å²) in [5.74, 6) is 0.399. The maximum absolute atomic E-state index is 12.9. The smallest absolute Gasteiger partial charge is 0.271 e.